The molecule has 3 fully saturated rings. The van der Waals surface area contributed by atoms with E-state index < -0.39 is 35.0 Å². The summed E-state index contributed by atoms with van der Waals surface area (Å²) in [5, 5.41) is 16.6. The van der Waals surface area contributed by atoms with Gasteiger partial charge in [0.15, 0.2) is 5.82 Å². The number of halogens is 3. The number of rotatable bonds is 9. The SMILES string of the molecule is CN(C)C1(CNc2nc(OC[C@]34CCCN3C[C@@H](F)C4)nc3c(F)c(-c4ccc(F)c5sc(NC(=O)OC(C)(C)C)c(C#N)c45)ncc23)CCC1. The van der Waals surface area contributed by atoms with Crippen LogP contribution in [0.4, 0.5) is 28.8 Å². The lowest BCUT2D eigenvalue weighted by atomic mass is 9.75. The van der Waals surface area contributed by atoms with E-state index >= 15 is 8.78 Å². The highest BCUT2D eigenvalue weighted by Gasteiger charge is 2.49. The standard InChI is InChI=1S/C36H41F3N8O3S/c1-34(2,3)50-33(48)45-31-22(15-40)25-21(8-9-24(38)29(25)51-31)27-26(39)28-23(16-41-27)30(42-18-35(46(4)5)10-6-11-35)44-32(43-28)49-19-36-12-7-13-47(36)17-20(37)14-36/h8-9,16,20H,6-7,10-14,17-19H2,1-5H3,(H,45,48)(H,42,43,44)/t20-,36+/m0/s1. The zero-order valence-corrected chi connectivity index (χ0v) is 30.1. The number of amides is 1. The number of hydrogen-bond donors (Lipinski definition) is 2. The van der Waals surface area contributed by atoms with Gasteiger partial charge in [-0.05, 0) is 85.6 Å². The van der Waals surface area contributed by atoms with Crippen LogP contribution >= 0.6 is 11.3 Å². The van der Waals surface area contributed by atoms with Gasteiger partial charge in [-0.3, -0.25) is 15.2 Å². The predicted molar refractivity (Wildman–Crippen MR) is 190 cm³/mol. The number of carbonyl (C=O) groups excluding carboxylic acids is 1. The summed E-state index contributed by atoms with van der Waals surface area (Å²) in [6.45, 7) is 6.94. The first-order valence-corrected chi connectivity index (χ1v) is 18.0. The maximum absolute atomic E-state index is 16.9. The Morgan fingerprint density at radius 1 is 1.20 bits per heavy atom. The van der Waals surface area contributed by atoms with Crippen molar-refractivity contribution < 1.29 is 27.4 Å². The van der Waals surface area contributed by atoms with E-state index in [4.69, 9.17) is 9.47 Å². The van der Waals surface area contributed by atoms with Crippen molar-refractivity contribution >= 4 is 49.2 Å². The summed E-state index contributed by atoms with van der Waals surface area (Å²) in [6, 6.07) is 4.52. The summed E-state index contributed by atoms with van der Waals surface area (Å²) in [5.41, 5.74) is -1.52. The first kappa shape index (κ1) is 35.2. The van der Waals surface area contributed by atoms with E-state index in [1.807, 2.05) is 20.2 Å². The van der Waals surface area contributed by atoms with E-state index in [-0.39, 0.29) is 55.6 Å². The molecular weight excluding hydrogens is 682 g/mol. The van der Waals surface area contributed by atoms with Gasteiger partial charge in [-0.2, -0.15) is 15.2 Å². The Kier molecular flexibility index (Phi) is 9.00. The van der Waals surface area contributed by atoms with E-state index in [0.29, 0.717) is 30.7 Å². The monoisotopic (exact) mass is 722 g/mol. The topological polar surface area (TPSA) is 129 Å². The fraction of sp³-hybridized carbons (Fsp3) is 0.528. The molecule has 7 rings (SSSR count). The molecule has 270 valence electrons. The number of nitriles is 1. The number of thiophene rings is 1. The van der Waals surface area contributed by atoms with Crippen LogP contribution in [0, 0.1) is 23.0 Å². The molecule has 4 aromatic rings. The fourth-order valence-electron chi connectivity index (χ4n) is 7.65. The molecule has 0 spiro atoms. The van der Waals surface area contributed by atoms with Gasteiger partial charge in [0, 0.05) is 42.2 Å². The van der Waals surface area contributed by atoms with Crippen molar-refractivity contribution in [2.75, 3.05) is 51.0 Å². The number of hydrogen-bond acceptors (Lipinski definition) is 11. The van der Waals surface area contributed by atoms with E-state index in [1.54, 1.807) is 20.8 Å². The molecule has 3 aromatic heterocycles. The number of nitrogens with zero attached hydrogens (tertiary/aromatic N) is 6. The van der Waals surface area contributed by atoms with Gasteiger partial charge in [0.1, 0.15) is 52.3 Å². The molecule has 0 radical (unpaired) electrons. The second-order valence-electron chi connectivity index (χ2n) is 15.1. The number of pyridine rings is 1. The third-order valence-corrected chi connectivity index (χ3v) is 11.6. The number of nitrogens with one attached hydrogen (secondary N) is 2. The van der Waals surface area contributed by atoms with Crippen LogP contribution in [0.5, 0.6) is 6.01 Å². The molecule has 0 unspecified atom stereocenters. The molecule has 0 bridgehead atoms. The molecule has 1 aromatic carbocycles. The van der Waals surface area contributed by atoms with Crippen molar-refractivity contribution in [2.24, 2.45) is 0 Å². The number of likely N-dealkylation sites (N-methyl/N-ethyl adjacent to an activating group) is 1. The zero-order chi connectivity index (χ0) is 36.3. The summed E-state index contributed by atoms with van der Waals surface area (Å²) < 4.78 is 58.2. The second-order valence-corrected chi connectivity index (χ2v) is 16.1. The summed E-state index contributed by atoms with van der Waals surface area (Å²) in [4.78, 5) is 30.6. The Labute approximate surface area is 298 Å². The summed E-state index contributed by atoms with van der Waals surface area (Å²) in [5.74, 6) is -1.12. The number of carbonyl (C=O) groups is 1. The quantitative estimate of drug-likeness (QED) is 0.182. The Bertz CT molecular complexity index is 2060. The minimum atomic E-state index is -0.942. The van der Waals surface area contributed by atoms with Crippen molar-refractivity contribution in [3.63, 3.8) is 0 Å². The van der Waals surface area contributed by atoms with E-state index in [0.717, 1.165) is 50.0 Å². The molecule has 2 aliphatic heterocycles. The molecule has 1 amide bonds. The number of fused-ring (bicyclic) bond motifs is 3. The molecule has 1 aliphatic carbocycles. The fourth-order valence-corrected chi connectivity index (χ4v) is 8.71. The van der Waals surface area contributed by atoms with Crippen molar-refractivity contribution in [1.82, 2.24) is 24.8 Å². The van der Waals surface area contributed by atoms with Crippen LogP contribution in [0.15, 0.2) is 18.3 Å². The van der Waals surface area contributed by atoms with Crippen LogP contribution in [0.3, 0.4) is 0 Å². The number of anilines is 2. The van der Waals surface area contributed by atoms with E-state index in [9.17, 15) is 14.4 Å². The molecule has 15 heteroatoms. The van der Waals surface area contributed by atoms with E-state index in [2.05, 4.69) is 35.4 Å². The van der Waals surface area contributed by atoms with Crippen LogP contribution in [-0.4, -0.2) is 94.0 Å². The molecule has 1 saturated carbocycles. The average molecular weight is 723 g/mol. The van der Waals surface area contributed by atoms with Gasteiger partial charge in [-0.1, -0.05) is 0 Å². The first-order chi connectivity index (χ1) is 24.2. The van der Waals surface area contributed by atoms with Crippen LogP contribution in [-0.2, 0) is 4.74 Å². The Hall–Kier alpha value is -4.26. The summed E-state index contributed by atoms with van der Waals surface area (Å²) >= 11 is 0.847. The average Bonchev–Trinajstić information content (AvgIpc) is 3.69. The highest BCUT2D eigenvalue weighted by Crippen LogP contribution is 2.44. The Morgan fingerprint density at radius 3 is 2.67 bits per heavy atom. The lowest BCUT2D eigenvalue weighted by molar-refractivity contribution is 0.0636. The van der Waals surface area contributed by atoms with Crippen molar-refractivity contribution in [1.29, 1.82) is 5.26 Å². The third kappa shape index (κ3) is 6.42. The van der Waals surface area contributed by atoms with Gasteiger partial charge >= 0.3 is 12.1 Å². The minimum Gasteiger partial charge on any atom is -0.461 e. The van der Waals surface area contributed by atoms with Gasteiger partial charge in [-0.15, -0.1) is 11.3 Å². The van der Waals surface area contributed by atoms with Crippen LogP contribution < -0.4 is 15.4 Å². The first-order valence-electron chi connectivity index (χ1n) is 17.2. The lowest BCUT2D eigenvalue weighted by Gasteiger charge is -2.47. The molecule has 3 aliphatic rings. The van der Waals surface area contributed by atoms with Gasteiger partial charge in [0.2, 0.25) is 0 Å². The van der Waals surface area contributed by atoms with E-state index in [1.165, 1.54) is 18.3 Å². The van der Waals surface area contributed by atoms with Crippen LogP contribution in [0.2, 0.25) is 0 Å². The summed E-state index contributed by atoms with van der Waals surface area (Å²) in [6.07, 6.45) is 4.86. The maximum Gasteiger partial charge on any atom is 0.412 e. The highest BCUT2D eigenvalue weighted by molar-refractivity contribution is 7.23. The third-order valence-electron chi connectivity index (χ3n) is 10.5. The van der Waals surface area contributed by atoms with Gasteiger partial charge < -0.3 is 19.7 Å². The molecule has 2 atom stereocenters. The molecule has 2 N–H and O–H groups in total. The van der Waals surface area contributed by atoms with Crippen molar-refractivity contribution in [2.45, 2.75) is 82.1 Å². The Morgan fingerprint density at radius 2 is 1.98 bits per heavy atom. The summed E-state index contributed by atoms with van der Waals surface area (Å²) in [7, 11) is 4.07. The molecule has 2 saturated heterocycles. The highest BCUT2D eigenvalue weighted by atomic mass is 32.1. The largest absolute Gasteiger partial charge is 0.461 e. The van der Waals surface area contributed by atoms with Gasteiger partial charge in [0.25, 0.3) is 0 Å². The molecule has 5 heterocycles. The molecule has 11 nitrogen and oxygen atoms in total. The second kappa shape index (κ2) is 13.1. The van der Waals surface area contributed by atoms with Crippen molar-refractivity contribution in [3.05, 3.63) is 35.5 Å². The minimum absolute atomic E-state index is 0.0445. The van der Waals surface area contributed by atoms with Crippen LogP contribution in [0.1, 0.15) is 64.9 Å². The molecular formula is C36H41F3N8O3S. The lowest BCUT2D eigenvalue weighted by Crippen LogP contribution is -2.54. The smallest absolute Gasteiger partial charge is 0.412 e. The van der Waals surface area contributed by atoms with Gasteiger partial charge in [-0.25, -0.2) is 18.0 Å². The maximum atomic E-state index is 16.9. The number of benzene rings is 1. The zero-order valence-electron chi connectivity index (χ0n) is 29.3. The van der Waals surface area contributed by atoms with Crippen molar-refractivity contribution in [3.8, 4) is 23.3 Å². The number of alkyl halides is 1. The number of ether oxygens (including phenoxy) is 2. The van der Waals surface area contributed by atoms with Gasteiger partial charge in [0.05, 0.1) is 21.2 Å². The number of aromatic nitrogens is 3. The normalized spacial score (nSPS) is 21.5. The predicted octanol–water partition coefficient (Wildman–Crippen LogP) is 7.25. The van der Waals surface area contributed by atoms with Crippen LogP contribution in [0.25, 0.3) is 32.2 Å². The molecule has 51 heavy (non-hydrogen) atoms. The Balaban J connectivity index is 1.31.